The molecule has 0 saturated carbocycles. The first-order valence-corrected chi connectivity index (χ1v) is 9.20. The van der Waals surface area contributed by atoms with Crippen LogP contribution in [0.2, 0.25) is 0 Å². The first-order valence-electron chi connectivity index (χ1n) is 7.33. The van der Waals surface area contributed by atoms with Crippen molar-refractivity contribution in [3.63, 3.8) is 0 Å². The van der Waals surface area contributed by atoms with Crippen molar-refractivity contribution in [2.75, 3.05) is 36.5 Å². The van der Waals surface area contributed by atoms with E-state index in [2.05, 4.69) is 48.7 Å². The molecule has 1 amide bonds. The van der Waals surface area contributed by atoms with E-state index in [4.69, 9.17) is 4.74 Å². The third-order valence-electron chi connectivity index (χ3n) is 3.68. The van der Waals surface area contributed by atoms with Gasteiger partial charge in [-0.05, 0) is 68.9 Å². The fourth-order valence-corrected chi connectivity index (χ4v) is 3.75. The van der Waals surface area contributed by atoms with Crippen LogP contribution in [-0.4, -0.2) is 32.2 Å². The lowest BCUT2D eigenvalue weighted by atomic mass is 10.2. The van der Waals surface area contributed by atoms with Crippen molar-refractivity contribution in [2.24, 2.45) is 0 Å². The van der Waals surface area contributed by atoms with Gasteiger partial charge in [0.2, 0.25) is 0 Å². The normalized spacial score (nSPS) is 14.6. The Balaban J connectivity index is 1.75. The maximum Gasteiger partial charge on any atom is 0.256 e. The second-order valence-electron chi connectivity index (χ2n) is 5.20. The van der Waals surface area contributed by atoms with Crippen LogP contribution < -0.4 is 10.2 Å². The molecule has 120 valence electrons. The van der Waals surface area contributed by atoms with Crippen molar-refractivity contribution >= 4 is 55.8 Å². The molecule has 6 heteroatoms. The molecular weight excluding hydrogens is 471 g/mol. The standard InChI is InChI=1S/C17H16BrIN2O2/c18-14-11-12(5-6-16(14)21-7-9-23-10-8-21)20-17(22)13-3-1-2-4-15(13)19/h1-6,11H,7-10H2,(H,20,22). The smallest absolute Gasteiger partial charge is 0.256 e. The molecule has 0 bridgehead atoms. The summed E-state index contributed by atoms with van der Waals surface area (Å²) in [6, 6.07) is 13.4. The zero-order chi connectivity index (χ0) is 16.2. The van der Waals surface area contributed by atoms with Crippen LogP contribution in [0.5, 0.6) is 0 Å². The van der Waals surface area contributed by atoms with Crippen LogP contribution in [0.4, 0.5) is 11.4 Å². The number of amides is 1. The first-order chi connectivity index (χ1) is 11.1. The highest BCUT2D eigenvalue weighted by Gasteiger charge is 2.15. The minimum atomic E-state index is -0.0963. The molecule has 2 aromatic carbocycles. The van der Waals surface area contributed by atoms with Gasteiger partial charge in [0.25, 0.3) is 5.91 Å². The van der Waals surface area contributed by atoms with Gasteiger partial charge < -0.3 is 15.0 Å². The van der Waals surface area contributed by atoms with E-state index in [0.717, 1.165) is 45.7 Å². The van der Waals surface area contributed by atoms with Crippen molar-refractivity contribution in [1.29, 1.82) is 0 Å². The number of hydrogen-bond donors (Lipinski definition) is 1. The van der Waals surface area contributed by atoms with Crippen LogP contribution in [0.3, 0.4) is 0 Å². The monoisotopic (exact) mass is 486 g/mol. The molecular formula is C17H16BrIN2O2. The van der Waals surface area contributed by atoms with Gasteiger partial charge in [-0.15, -0.1) is 0 Å². The molecule has 1 heterocycles. The van der Waals surface area contributed by atoms with Gasteiger partial charge in [0.05, 0.1) is 24.5 Å². The number of halogens is 2. The van der Waals surface area contributed by atoms with Gasteiger partial charge in [-0.1, -0.05) is 12.1 Å². The molecule has 0 spiro atoms. The average Bonchev–Trinajstić information content (AvgIpc) is 2.56. The van der Waals surface area contributed by atoms with E-state index in [1.54, 1.807) is 0 Å². The number of rotatable bonds is 3. The number of morpholine rings is 1. The highest BCUT2D eigenvalue weighted by molar-refractivity contribution is 14.1. The first kappa shape index (κ1) is 16.7. The highest BCUT2D eigenvalue weighted by atomic mass is 127. The molecule has 23 heavy (non-hydrogen) atoms. The van der Waals surface area contributed by atoms with Gasteiger partial charge in [0.15, 0.2) is 0 Å². The van der Waals surface area contributed by atoms with Crippen molar-refractivity contribution in [3.05, 3.63) is 56.1 Å². The molecule has 0 unspecified atom stereocenters. The summed E-state index contributed by atoms with van der Waals surface area (Å²) in [7, 11) is 0. The summed E-state index contributed by atoms with van der Waals surface area (Å²) in [6.07, 6.45) is 0. The van der Waals surface area contributed by atoms with E-state index in [1.165, 1.54) is 0 Å². The molecule has 1 aliphatic heterocycles. The molecule has 1 N–H and O–H groups in total. The van der Waals surface area contributed by atoms with Crippen LogP contribution in [0.25, 0.3) is 0 Å². The Morgan fingerprint density at radius 1 is 1.17 bits per heavy atom. The Hall–Kier alpha value is -1.12. The highest BCUT2D eigenvalue weighted by Crippen LogP contribution is 2.30. The maximum absolute atomic E-state index is 12.4. The predicted octanol–water partition coefficient (Wildman–Crippen LogP) is 4.14. The van der Waals surface area contributed by atoms with E-state index in [1.807, 2.05) is 42.5 Å². The lowest BCUT2D eigenvalue weighted by Crippen LogP contribution is -2.36. The zero-order valence-electron chi connectivity index (χ0n) is 12.4. The SMILES string of the molecule is O=C(Nc1ccc(N2CCOCC2)c(Br)c1)c1ccccc1I. The van der Waals surface area contributed by atoms with Crippen molar-refractivity contribution < 1.29 is 9.53 Å². The van der Waals surface area contributed by atoms with E-state index >= 15 is 0 Å². The molecule has 2 aromatic rings. The quantitative estimate of drug-likeness (QED) is 0.663. The summed E-state index contributed by atoms with van der Waals surface area (Å²) in [6.45, 7) is 3.26. The number of ether oxygens (including phenoxy) is 1. The molecule has 1 aliphatic rings. The summed E-state index contributed by atoms with van der Waals surface area (Å²) in [5, 5.41) is 2.95. The Morgan fingerprint density at radius 2 is 1.91 bits per heavy atom. The largest absolute Gasteiger partial charge is 0.378 e. The summed E-state index contributed by atoms with van der Waals surface area (Å²) >= 11 is 5.78. The van der Waals surface area contributed by atoms with Crippen LogP contribution >= 0.6 is 38.5 Å². The second kappa shape index (κ2) is 7.63. The van der Waals surface area contributed by atoms with Crippen molar-refractivity contribution in [2.45, 2.75) is 0 Å². The Labute approximate surface area is 157 Å². The number of benzene rings is 2. The van der Waals surface area contributed by atoms with Crippen LogP contribution in [0, 0.1) is 3.57 Å². The Kier molecular flexibility index (Phi) is 5.55. The van der Waals surface area contributed by atoms with Crippen LogP contribution in [0.15, 0.2) is 46.9 Å². The van der Waals surface area contributed by atoms with Crippen LogP contribution in [0.1, 0.15) is 10.4 Å². The Bertz CT molecular complexity index is 717. The predicted molar refractivity (Wildman–Crippen MR) is 104 cm³/mol. The number of hydrogen-bond acceptors (Lipinski definition) is 3. The number of nitrogens with zero attached hydrogens (tertiary/aromatic N) is 1. The zero-order valence-corrected chi connectivity index (χ0v) is 16.1. The van der Waals surface area contributed by atoms with E-state index in [0.29, 0.717) is 5.56 Å². The molecule has 0 aromatic heterocycles. The van der Waals surface area contributed by atoms with E-state index in [9.17, 15) is 4.79 Å². The van der Waals surface area contributed by atoms with Gasteiger partial charge in [0.1, 0.15) is 0 Å². The maximum atomic E-state index is 12.4. The van der Waals surface area contributed by atoms with Gasteiger partial charge in [-0.2, -0.15) is 0 Å². The lowest BCUT2D eigenvalue weighted by Gasteiger charge is -2.29. The third-order valence-corrected chi connectivity index (χ3v) is 5.25. The molecule has 1 fully saturated rings. The van der Waals surface area contributed by atoms with Gasteiger partial charge >= 0.3 is 0 Å². The molecule has 0 aliphatic carbocycles. The van der Waals surface area contributed by atoms with Gasteiger partial charge in [0, 0.05) is 26.8 Å². The number of carbonyl (C=O) groups is 1. The number of anilines is 2. The van der Waals surface area contributed by atoms with E-state index in [-0.39, 0.29) is 5.91 Å². The fraction of sp³-hybridized carbons (Fsp3) is 0.235. The summed E-state index contributed by atoms with van der Waals surface area (Å²) in [5.74, 6) is -0.0963. The minimum Gasteiger partial charge on any atom is -0.378 e. The van der Waals surface area contributed by atoms with Crippen molar-refractivity contribution in [1.82, 2.24) is 0 Å². The topological polar surface area (TPSA) is 41.6 Å². The average molecular weight is 487 g/mol. The lowest BCUT2D eigenvalue weighted by molar-refractivity contribution is 0.102. The van der Waals surface area contributed by atoms with Crippen molar-refractivity contribution in [3.8, 4) is 0 Å². The third kappa shape index (κ3) is 4.05. The Morgan fingerprint density at radius 3 is 2.61 bits per heavy atom. The van der Waals surface area contributed by atoms with Gasteiger partial charge in [-0.25, -0.2) is 0 Å². The molecule has 3 rings (SSSR count). The summed E-state index contributed by atoms with van der Waals surface area (Å²) in [4.78, 5) is 14.7. The molecule has 1 saturated heterocycles. The molecule has 0 radical (unpaired) electrons. The molecule has 0 atom stereocenters. The fourth-order valence-electron chi connectivity index (χ4n) is 2.49. The second-order valence-corrected chi connectivity index (χ2v) is 7.22. The summed E-state index contributed by atoms with van der Waals surface area (Å²) < 4.78 is 7.29. The minimum absolute atomic E-state index is 0.0963. The number of carbonyl (C=O) groups excluding carboxylic acids is 1. The van der Waals surface area contributed by atoms with Gasteiger partial charge in [-0.3, -0.25) is 4.79 Å². The summed E-state index contributed by atoms with van der Waals surface area (Å²) in [5.41, 5.74) is 2.58. The van der Waals surface area contributed by atoms with E-state index < -0.39 is 0 Å². The number of nitrogens with one attached hydrogen (secondary N) is 1. The molecule has 4 nitrogen and oxygen atoms in total. The van der Waals surface area contributed by atoms with Crippen LogP contribution in [-0.2, 0) is 4.74 Å².